The Morgan fingerprint density at radius 1 is 1.30 bits per heavy atom. The first-order valence-electron chi connectivity index (χ1n) is 7.40. The number of carboxylic acid groups (broad SMARTS) is 1. The molecule has 0 unspecified atom stereocenters. The smallest absolute Gasteiger partial charge is 0.338 e. The summed E-state index contributed by atoms with van der Waals surface area (Å²) in [7, 11) is 0. The Bertz CT molecular complexity index is 810. The van der Waals surface area contributed by atoms with E-state index in [0.717, 1.165) is 0 Å². The molecule has 2 rings (SSSR count). The Labute approximate surface area is 132 Å². The van der Waals surface area contributed by atoms with E-state index in [1.807, 2.05) is 0 Å². The largest absolute Gasteiger partial charge is 0.481 e. The second-order valence-corrected chi connectivity index (χ2v) is 4.93. The van der Waals surface area contributed by atoms with E-state index in [-0.39, 0.29) is 30.7 Å². The average molecular weight is 318 g/mol. The number of carbonyl (C=O) groups is 2. The molecule has 7 heteroatoms. The molecule has 0 bridgehead atoms. The van der Waals surface area contributed by atoms with Gasteiger partial charge in [-0.25, -0.2) is 9.78 Å². The van der Waals surface area contributed by atoms with Crippen LogP contribution in [-0.4, -0.2) is 33.2 Å². The molecule has 1 heterocycles. The lowest BCUT2D eigenvalue weighted by molar-refractivity contribution is -0.136. The zero-order valence-electron chi connectivity index (χ0n) is 13.0. The van der Waals surface area contributed by atoms with E-state index in [9.17, 15) is 14.4 Å². The van der Waals surface area contributed by atoms with Gasteiger partial charge in [-0.2, -0.15) is 0 Å². The van der Waals surface area contributed by atoms with Gasteiger partial charge < -0.3 is 14.4 Å². The van der Waals surface area contributed by atoms with Gasteiger partial charge in [-0.1, -0.05) is 0 Å². The molecule has 0 amide bonds. The summed E-state index contributed by atoms with van der Waals surface area (Å²) in [4.78, 5) is 39.2. The molecule has 2 aromatic rings. The highest BCUT2D eigenvalue weighted by atomic mass is 16.5. The minimum absolute atomic E-state index is 0.0731. The minimum atomic E-state index is -0.980. The number of hydrogen-bond donors (Lipinski definition) is 1. The Kier molecular flexibility index (Phi) is 5.10. The third-order valence-corrected chi connectivity index (χ3v) is 3.42. The van der Waals surface area contributed by atoms with Crippen molar-refractivity contribution in [1.82, 2.24) is 9.55 Å². The monoisotopic (exact) mass is 318 g/mol. The van der Waals surface area contributed by atoms with Crippen LogP contribution in [0.2, 0.25) is 0 Å². The van der Waals surface area contributed by atoms with E-state index < -0.39 is 11.9 Å². The summed E-state index contributed by atoms with van der Waals surface area (Å²) >= 11 is 0. The number of benzene rings is 1. The summed E-state index contributed by atoms with van der Waals surface area (Å²) in [6.45, 7) is 4.18. The van der Waals surface area contributed by atoms with E-state index in [0.29, 0.717) is 23.1 Å². The molecule has 122 valence electrons. The number of esters is 1. The fourth-order valence-electron chi connectivity index (χ4n) is 2.34. The third-order valence-electron chi connectivity index (χ3n) is 3.42. The number of hydrogen-bond acceptors (Lipinski definition) is 5. The van der Waals surface area contributed by atoms with E-state index in [4.69, 9.17) is 9.84 Å². The van der Waals surface area contributed by atoms with Crippen molar-refractivity contribution < 1.29 is 19.4 Å². The number of aliphatic carboxylic acids is 1. The quantitative estimate of drug-likeness (QED) is 0.812. The van der Waals surface area contributed by atoms with Gasteiger partial charge >= 0.3 is 11.9 Å². The standard InChI is InChI=1S/C16H18N2O5/c1-3-18-13-9-10(16(22)23-4-2)5-6-11(13)17-12(15(18)21)7-8-14(19)20/h5-6,9H,3-4,7-8H2,1-2H3,(H,19,20). The molecular formula is C16H18N2O5. The normalized spacial score (nSPS) is 10.7. The highest BCUT2D eigenvalue weighted by molar-refractivity contribution is 5.93. The maximum absolute atomic E-state index is 12.4. The first-order chi connectivity index (χ1) is 11.0. The second kappa shape index (κ2) is 7.04. The van der Waals surface area contributed by atoms with Crippen molar-refractivity contribution in [2.75, 3.05) is 6.61 Å². The zero-order valence-corrected chi connectivity index (χ0v) is 13.0. The summed E-state index contributed by atoms with van der Waals surface area (Å²) in [5.74, 6) is -1.44. The number of nitrogens with zero attached hydrogens (tertiary/aromatic N) is 2. The van der Waals surface area contributed by atoms with Crippen LogP contribution in [0.1, 0.15) is 36.3 Å². The van der Waals surface area contributed by atoms with Crippen molar-refractivity contribution in [2.24, 2.45) is 0 Å². The van der Waals surface area contributed by atoms with Crippen LogP contribution in [0.4, 0.5) is 0 Å². The Hall–Kier alpha value is -2.70. The number of aryl methyl sites for hydroxylation is 2. The lowest BCUT2D eigenvalue weighted by atomic mass is 10.1. The first-order valence-corrected chi connectivity index (χ1v) is 7.40. The van der Waals surface area contributed by atoms with Crippen LogP contribution in [0.5, 0.6) is 0 Å². The predicted molar refractivity (Wildman–Crippen MR) is 83.6 cm³/mol. The van der Waals surface area contributed by atoms with Crippen molar-refractivity contribution >= 4 is 23.0 Å². The molecular weight excluding hydrogens is 300 g/mol. The molecule has 0 radical (unpaired) electrons. The van der Waals surface area contributed by atoms with Gasteiger partial charge in [-0.15, -0.1) is 0 Å². The van der Waals surface area contributed by atoms with Crippen LogP contribution >= 0.6 is 0 Å². The summed E-state index contributed by atoms with van der Waals surface area (Å²) in [5.41, 5.74) is 1.30. The van der Waals surface area contributed by atoms with Crippen molar-refractivity contribution in [2.45, 2.75) is 33.2 Å². The Balaban J connectivity index is 2.55. The molecule has 0 saturated carbocycles. The van der Waals surface area contributed by atoms with Crippen molar-refractivity contribution in [3.05, 3.63) is 39.8 Å². The number of ether oxygens (including phenoxy) is 1. The zero-order chi connectivity index (χ0) is 17.0. The van der Waals surface area contributed by atoms with Crippen LogP contribution in [0.25, 0.3) is 11.0 Å². The minimum Gasteiger partial charge on any atom is -0.481 e. The number of carbonyl (C=O) groups excluding carboxylic acids is 1. The lowest BCUT2D eigenvalue weighted by Gasteiger charge is -2.11. The second-order valence-electron chi connectivity index (χ2n) is 4.93. The fraction of sp³-hybridized carbons (Fsp3) is 0.375. The van der Waals surface area contributed by atoms with Crippen LogP contribution in [-0.2, 0) is 22.5 Å². The molecule has 1 N–H and O–H groups in total. The molecule has 23 heavy (non-hydrogen) atoms. The van der Waals surface area contributed by atoms with Gasteiger partial charge in [0.2, 0.25) is 0 Å². The molecule has 1 aromatic carbocycles. The summed E-state index contributed by atoms with van der Waals surface area (Å²) in [6.07, 6.45) is -0.0812. The maximum atomic E-state index is 12.4. The molecule has 1 aromatic heterocycles. The maximum Gasteiger partial charge on any atom is 0.338 e. The fourth-order valence-corrected chi connectivity index (χ4v) is 2.34. The van der Waals surface area contributed by atoms with Gasteiger partial charge in [0, 0.05) is 13.0 Å². The van der Waals surface area contributed by atoms with Gasteiger partial charge in [0.15, 0.2) is 0 Å². The van der Waals surface area contributed by atoms with Crippen LogP contribution < -0.4 is 5.56 Å². The van der Waals surface area contributed by atoms with Crippen molar-refractivity contribution in [3.8, 4) is 0 Å². The molecule has 0 spiro atoms. The van der Waals surface area contributed by atoms with Gasteiger partial charge in [-0.3, -0.25) is 9.59 Å². The molecule has 0 saturated heterocycles. The van der Waals surface area contributed by atoms with E-state index in [1.54, 1.807) is 32.0 Å². The average Bonchev–Trinajstić information content (AvgIpc) is 2.52. The summed E-state index contributed by atoms with van der Waals surface area (Å²) < 4.78 is 6.45. The van der Waals surface area contributed by atoms with Gasteiger partial charge in [0.05, 0.1) is 29.6 Å². The lowest BCUT2D eigenvalue weighted by Crippen LogP contribution is -2.26. The van der Waals surface area contributed by atoms with E-state index in [2.05, 4.69) is 4.98 Å². The SMILES string of the molecule is CCOC(=O)c1ccc2nc(CCC(=O)O)c(=O)n(CC)c2c1. The summed E-state index contributed by atoms with van der Waals surface area (Å²) in [5, 5.41) is 8.77. The first kappa shape index (κ1) is 16.7. The summed E-state index contributed by atoms with van der Waals surface area (Å²) in [6, 6.07) is 4.79. The van der Waals surface area contributed by atoms with E-state index in [1.165, 1.54) is 4.57 Å². The van der Waals surface area contributed by atoms with Crippen LogP contribution in [0, 0.1) is 0 Å². The predicted octanol–water partition coefficient (Wildman–Crippen LogP) is 1.61. The van der Waals surface area contributed by atoms with E-state index >= 15 is 0 Å². The number of rotatable bonds is 6. The highest BCUT2D eigenvalue weighted by Crippen LogP contribution is 2.15. The number of aromatic nitrogens is 2. The molecule has 0 aliphatic carbocycles. The van der Waals surface area contributed by atoms with Crippen molar-refractivity contribution in [1.29, 1.82) is 0 Å². The molecule has 0 fully saturated rings. The topological polar surface area (TPSA) is 98.5 Å². The van der Waals surface area contributed by atoms with Gasteiger partial charge in [0.25, 0.3) is 5.56 Å². The Morgan fingerprint density at radius 2 is 2.04 bits per heavy atom. The highest BCUT2D eigenvalue weighted by Gasteiger charge is 2.14. The number of carboxylic acids is 1. The molecule has 0 atom stereocenters. The van der Waals surface area contributed by atoms with Crippen molar-refractivity contribution in [3.63, 3.8) is 0 Å². The van der Waals surface area contributed by atoms with Crippen LogP contribution in [0.15, 0.2) is 23.0 Å². The Morgan fingerprint density at radius 3 is 2.65 bits per heavy atom. The number of fused-ring (bicyclic) bond motifs is 1. The molecule has 7 nitrogen and oxygen atoms in total. The third kappa shape index (κ3) is 3.56. The van der Waals surface area contributed by atoms with Crippen LogP contribution in [0.3, 0.4) is 0 Å². The van der Waals surface area contributed by atoms with Gasteiger partial charge in [-0.05, 0) is 32.0 Å². The van der Waals surface area contributed by atoms with Gasteiger partial charge in [0.1, 0.15) is 5.69 Å². The molecule has 0 aliphatic rings. The molecule has 0 aliphatic heterocycles.